The second kappa shape index (κ2) is 9.24. The number of hydrogen-bond acceptors (Lipinski definition) is 4. The van der Waals surface area contributed by atoms with Crippen LogP contribution >= 0.6 is 0 Å². The molecule has 2 aliphatic heterocycles. The molecule has 1 aromatic carbocycles. The summed E-state index contributed by atoms with van der Waals surface area (Å²) in [5, 5.41) is 0. The lowest BCUT2D eigenvalue weighted by molar-refractivity contribution is -0.921. The minimum atomic E-state index is -3.54. The zero-order valence-corrected chi connectivity index (χ0v) is 17.7. The van der Waals surface area contributed by atoms with Crippen molar-refractivity contribution in [3.63, 3.8) is 0 Å². The average Bonchev–Trinajstić information content (AvgIpc) is 2.70. The smallest absolute Gasteiger partial charge is 0.277 e. The van der Waals surface area contributed by atoms with Crippen molar-refractivity contribution in [3.8, 4) is 5.75 Å². The Balaban J connectivity index is 1.55. The van der Waals surface area contributed by atoms with Crippen molar-refractivity contribution in [1.29, 1.82) is 0 Å². The summed E-state index contributed by atoms with van der Waals surface area (Å²) in [6.07, 6.45) is 3.61. The maximum atomic E-state index is 12.9. The number of piperidine rings is 1. The fourth-order valence-electron chi connectivity index (χ4n) is 4.02. The van der Waals surface area contributed by atoms with E-state index in [1.807, 2.05) is 11.8 Å². The van der Waals surface area contributed by atoms with Crippen LogP contribution in [0.3, 0.4) is 0 Å². The molecular weight excluding hydrogens is 378 g/mol. The fourth-order valence-corrected chi connectivity index (χ4v) is 5.45. The summed E-state index contributed by atoms with van der Waals surface area (Å²) < 4.78 is 32.6. The first-order chi connectivity index (χ1) is 13.4. The first kappa shape index (κ1) is 21.1. The van der Waals surface area contributed by atoms with Crippen molar-refractivity contribution < 1.29 is 22.8 Å². The molecule has 0 bridgehead atoms. The van der Waals surface area contributed by atoms with E-state index in [0.717, 1.165) is 6.54 Å². The van der Waals surface area contributed by atoms with E-state index < -0.39 is 10.0 Å². The van der Waals surface area contributed by atoms with Crippen LogP contribution in [0.4, 0.5) is 0 Å². The maximum Gasteiger partial charge on any atom is 0.277 e. The molecule has 0 saturated carbocycles. The van der Waals surface area contributed by atoms with Crippen LogP contribution in [-0.4, -0.2) is 75.4 Å². The van der Waals surface area contributed by atoms with Crippen molar-refractivity contribution in [2.45, 2.75) is 44.0 Å². The number of rotatable bonds is 6. The molecule has 2 heterocycles. The Bertz CT molecular complexity index is 758. The van der Waals surface area contributed by atoms with Gasteiger partial charge in [-0.15, -0.1) is 0 Å². The SMILES string of the molecule is CCOc1ccc(S(=O)(=O)N2CCN(C(=O)C[NH+]3CCCC[C@@H]3C)CC2)cc1. The molecule has 156 valence electrons. The van der Waals surface area contributed by atoms with E-state index in [1.165, 1.54) is 28.5 Å². The number of benzene rings is 1. The number of nitrogens with zero attached hydrogens (tertiary/aromatic N) is 2. The van der Waals surface area contributed by atoms with E-state index in [9.17, 15) is 13.2 Å². The van der Waals surface area contributed by atoms with Gasteiger partial charge in [0.2, 0.25) is 10.0 Å². The Morgan fingerprint density at radius 1 is 1.14 bits per heavy atom. The highest BCUT2D eigenvalue weighted by Crippen LogP contribution is 2.21. The summed E-state index contributed by atoms with van der Waals surface area (Å²) in [5.41, 5.74) is 0. The number of amides is 1. The number of ether oxygens (including phenoxy) is 1. The predicted molar refractivity (Wildman–Crippen MR) is 107 cm³/mol. The second-order valence-corrected chi connectivity index (χ2v) is 9.61. The highest BCUT2D eigenvalue weighted by Gasteiger charge is 2.32. The number of hydrogen-bond donors (Lipinski definition) is 1. The van der Waals surface area contributed by atoms with E-state index in [1.54, 1.807) is 24.3 Å². The van der Waals surface area contributed by atoms with Crippen LogP contribution in [0.1, 0.15) is 33.1 Å². The summed E-state index contributed by atoms with van der Waals surface area (Å²) in [4.78, 5) is 16.1. The van der Waals surface area contributed by atoms with Gasteiger partial charge in [-0.1, -0.05) is 0 Å². The quantitative estimate of drug-likeness (QED) is 0.736. The van der Waals surface area contributed by atoms with Gasteiger partial charge >= 0.3 is 0 Å². The Labute approximate surface area is 168 Å². The Morgan fingerprint density at radius 2 is 1.82 bits per heavy atom. The van der Waals surface area contributed by atoms with Crippen molar-refractivity contribution in [1.82, 2.24) is 9.21 Å². The van der Waals surface area contributed by atoms with Crippen molar-refractivity contribution in [2.24, 2.45) is 0 Å². The molecule has 0 aromatic heterocycles. The van der Waals surface area contributed by atoms with Crippen LogP contribution in [0.2, 0.25) is 0 Å². The Hall–Kier alpha value is -1.64. The molecule has 2 fully saturated rings. The average molecular weight is 411 g/mol. The fraction of sp³-hybridized carbons (Fsp3) is 0.650. The van der Waals surface area contributed by atoms with Crippen LogP contribution in [0.25, 0.3) is 0 Å². The molecule has 1 N–H and O–H groups in total. The lowest BCUT2D eigenvalue weighted by Crippen LogP contribution is -3.17. The molecule has 0 spiro atoms. The van der Waals surface area contributed by atoms with E-state index in [0.29, 0.717) is 51.1 Å². The third-order valence-corrected chi connectivity index (χ3v) is 7.74. The molecule has 8 heteroatoms. The molecule has 3 rings (SSSR count). The summed E-state index contributed by atoms with van der Waals surface area (Å²) in [7, 11) is -3.54. The van der Waals surface area contributed by atoms with Crippen LogP contribution in [-0.2, 0) is 14.8 Å². The minimum absolute atomic E-state index is 0.141. The number of nitrogens with one attached hydrogen (secondary N) is 1. The van der Waals surface area contributed by atoms with Crippen molar-refractivity contribution in [3.05, 3.63) is 24.3 Å². The van der Waals surface area contributed by atoms with Gasteiger partial charge in [-0.2, -0.15) is 4.31 Å². The highest BCUT2D eigenvalue weighted by molar-refractivity contribution is 7.89. The summed E-state index contributed by atoms with van der Waals surface area (Å²) in [5.74, 6) is 0.799. The lowest BCUT2D eigenvalue weighted by Gasteiger charge is -2.36. The van der Waals surface area contributed by atoms with Crippen LogP contribution in [0.15, 0.2) is 29.2 Å². The van der Waals surface area contributed by atoms with Gasteiger partial charge in [-0.05, 0) is 57.4 Å². The molecule has 7 nitrogen and oxygen atoms in total. The molecule has 0 aliphatic carbocycles. The van der Waals surface area contributed by atoms with Gasteiger partial charge in [-0.25, -0.2) is 8.42 Å². The third kappa shape index (κ3) is 4.85. The number of likely N-dealkylation sites (tertiary alicyclic amines) is 1. The number of quaternary nitrogens is 1. The Morgan fingerprint density at radius 3 is 2.43 bits per heavy atom. The molecule has 1 unspecified atom stereocenters. The topological polar surface area (TPSA) is 71.4 Å². The van der Waals surface area contributed by atoms with Crippen molar-refractivity contribution in [2.75, 3.05) is 45.9 Å². The van der Waals surface area contributed by atoms with Gasteiger partial charge in [0.25, 0.3) is 5.91 Å². The van der Waals surface area contributed by atoms with Crippen LogP contribution < -0.4 is 9.64 Å². The van der Waals surface area contributed by atoms with E-state index in [4.69, 9.17) is 4.74 Å². The van der Waals surface area contributed by atoms with Gasteiger partial charge in [0.05, 0.1) is 24.1 Å². The summed E-state index contributed by atoms with van der Waals surface area (Å²) in [6.45, 7) is 7.81. The predicted octanol–water partition coefficient (Wildman–Crippen LogP) is 0.376. The van der Waals surface area contributed by atoms with Crippen LogP contribution in [0.5, 0.6) is 5.75 Å². The van der Waals surface area contributed by atoms with E-state index >= 15 is 0 Å². The standard InChI is InChI=1S/C20H31N3O4S/c1-3-27-18-7-9-19(10-8-18)28(25,26)23-14-12-21(13-15-23)20(24)16-22-11-5-4-6-17(22)2/h7-10,17H,3-6,11-16H2,1-2H3/p+1/t17-/m0/s1. The third-order valence-electron chi connectivity index (χ3n) is 5.82. The first-order valence-electron chi connectivity index (χ1n) is 10.3. The van der Waals surface area contributed by atoms with Gasteiger partial charge in [0.1, 0.15) is 5.75 Å². The molecular formula is C20H32N3O4S+. The molecule has 0 radical (unpaired) electrons. The normalized spacial score (nSPS) is 24.1. The molecule has 2 atom stereocenters. The largest absolute Gasteiger partial charge is 0.494 e. The van der Waals surface area contributed by atoms with Gasteiger partial charge in [0.15, 0.2) is 6.54 Å². The van der Waals surface area contributed by atoms with Gasteiger partial charge in [0, 0.05) is 26.2 Å². The van der Waals surface area contributed by atoms with Crippen LogP contribution in [0, 0.1) is 0 Å². The molecule has 1 amide bonds. The minimum Gasteiger partial charge on any atom is -0.494 e. The first-order valence-corrected chi connectivity index (χ1v) is 11.7. The summed E-state index contributed by atoms with van der Waals surface area (Å²) >= 11 is 0. The second-order valence-electron chi connectivity index (χ2n) is 7.67. The van der Waals surface area contributed by atoms with E-state index in [-0.39, 0.29) is 10.8 Å². The number of sulfonamides is 1. The maximum absolute atomic E-state index is 12.9. The highest BCUT2D eigenvalue weighted by atomic mass is 32.2. The molecule has 2 saturated heterocycles. The van der Waals surface area contributed by atoms with Crippen molar-refractivity contribution >= 4 is 15.9 Å². The summed E-state index contributed by atoms with van der Waals surface area (Å²) in [6, 6.07) is 7.05. The zero-order valence-electron chi connectivity index (χ0n) is 16.9. The monoisotopic (exact) mass is 410 g/mol. The Kier molecular flexibility index (Phi) is 6.95. The molecule has 1 aromatic rings. The number of carbonyl (C=O) groups is 1. The number of carbonyl (C=O) groups excluding carboxylic acids is 1. The van der Waals surface area contributed by atoms with E-state index in [2.05, 4.69) is 6.92 Å². The lowest BCUT2D eigenvalue weighted by atomic mass is 10.0. The van der Waals surface area contributed by atoms with Gasteiger partial charge in [-0.3, -0.25) is 4.79 Å². The molecule has 2 aliphatic rings. The van der Waals surface area contributed by atoms with Gasteiger partial charge < -0.3 is 14.5 Å². The molecule has 28 heavy (non-hydrogen) atoms. The number of piperazine rings is 1. The zero-order chi connectivity index (χ0) is 20.1.